The molecule has 0 bridgehead atoms. The van der Waals surface area contributed by atoms with Crippen LogP contribution in [0.15, 0.2) is 24.3 Å². The molecule has 5 heteroatoms. The average Bonchev–Trinajstić information content (AvgIpc) is 2.37. The Kier molecular flexibility index (Phi) is 6.02. The summed E-state index contributed by atoms with van der Waals surface area (Å²) < 4.78 is 0. The third-order valence-corrected chi connectivity index (χ3v) is 2.76. The molecule has 0 spiro atoms. The summed E-state index contributed by atoms with van der Waals surface area (Å²) in [5.74, 6) is -0.177. The van der Waals surface area contributed by atoms with Crippen LogP contribution in [-0.2, 0) is 9.59 Å². The Morgan fingerprint density at radius 3 is 2.63 bits per heavy atom. The lowest BCUT2D eigenvalue weighted by Gasteiger charge is -2.14. The molecule has 0 atom stereocenters. The van der Waals surface area contributed by atoms with Crippen LogP contribution in [0.4, 0.5) is 5.69 Å². The molecular formula is C14H21N3O2. The largest absolute Gasteiger partial charge is 0.345 e. The van der Waals surface area contributed by atoms with Gasteiger partial charge in [-0.3, -0.25) is 14.9 Å². The van der Waals surface area contributed by atoms with E-state index in [1.165, 1.54) is 0 Å². The van der Waals surface area contributed by atoms with E-state index >= 15 is 0 Å². The molecule has 2 amide bonds. The molecule has 0 unspecified atom stereocenters. The van der Waals surface area contributed by atoms with Crippen LogP contribution in [0.2, 0.25) is 0 Å². The monoisotopic (exact) mass is 263 g/mol. The number of aryl methyl sites for hydroxylation is 1. The van der Waals surface area contributed by atoms with Gasteiger partial charge in [-0.05, 0) is 31.5 Å². The molecule has 0 aromatic heterocycles. The highest BCUT2D eigenvalue weighted by atomic mass is 16.2. The van der Waals surface area contributed by atoms with Crippen LogP contribution >= 0.6 is 0 Å². The number of carbonyl (C=O) groups is 2. The summed E-state index contributed by atoms with van der Waals surface area (Å²) in [6.07, 6.45) is 0. The SMILES string of the molecule is CCN(C)C(=O)CNCC(=O)Nc1cccc(C)c1. The second-order valence-electron chi connectivity index (χ2n) is 4.43. The number of benzene rings is 1. The zero-order chi connectivity index (χ0) is 14.3. The summed E-state index contributed by atoms with van der Waals surface area (Å²) >= 11 is 0. The summed E-state index contributed by atoms with van der Waals surface area (Å²) in [5, 5.41) is 5.61. The maximum atomic E-state index is 11.6. The lowest BCUT2D eigenvalue weighted by atomic mass is 10.2. The predicted octanol–water partition coefficient (Wildman–Crippen LogP) is 1.00. The Labute approximate surface area is 114 Å². The van der Waals surface area contributed by atoms with Crippen LogP contribution in [0.1, 0.15) is 12.5 Å². The van der Waals surface area contributed by atoms with Crippen LogP contribution in [0, 0.1) is 6.92 Å². The summed E-state index contributed by atoms with van der Waals surface area (Å²) in [7, 11) is 1.73. The van der Waals surface area contributed by atoms with Crippen molar-refractivity contribution in [3.8, 4) is 0 Å². The number of hydrogen-bond donors (Lipinski definition) is 2. The number of carbonyl (C=O) groups excluding carboxylic acids is 2. The standard InChI is InChI=1S/C14H21N3O2/c1-4-17(3)14(19)10-15-9-13(18)16-12-7-5-6-11(2)8-12/h5-8,15H,4,9-10H2,1-3H3,(H,16,18). The van der Waals surface area contributed by atoms with Crippen molar-refractivity contribution in [2.45, 2.75) is 13.8 Å². The number of amides is 2. The molecule has 0 fully saturated rings. The molecule has 0 aliphatic carbocycles. The molecule has 0 heterocycles. The van der Waals surface area contributed by atoms with Gasteiger partial charge in [-0.1, -0.05) is 12.1 Å². The van der Waals surface area contributed by atoms with Crippen molar-refractivity contribution in [3.05, 3.63) is 29.8 Å². The van der Waals surface area contributed by atoms with E-state index in [4.69, 9.17) is 0 Å². The topological polar surface area (TPSA) is 61.4 Å². The van der Waals surface area contributed by atoms with Crippen molar-refractivity contribution in [2.75, 3.05) is 32.0 Å². The maximum absolute atomic E-state index is 11.6. The van der Waals surface area contributed by atoms with Gasteiger partial charge in [-0.2, -0.15) is 0 Å². The molecule has 0 saturated carbocycles. The molecule has 1 aromatic carbocycles. The van der Waals surface area contributed by atoms with Gasteiger partial charge in [0.05, 0.1) is 13.1 Å². The minimum Gasteiger partial charge on any atom is -0.345 e. The van der Waals surface area contributed by atoms with Gasteiger partial charge in [-0.25, -0.2) is 0 Å². The number of anilines is 1. The van der Waals surface area contributed by atoms with Crippen LogP contribution in [0.5, 0.6) is 0 Å². The van der Waals surface area contributed by atoms with Gasteiger partial charge in [0.2, 0.25) is 11.8 Å². The fraction of sp³-hybridized carbons (Fsp3) is 0.429. The van der Waals surface area contributed by atoms with Gasteiger partial charge >= 0.3 is 0 Å². The number of nitrogens with zero attached hydrogens (tertiary/aromatic N) is 1. The summed E-state index contributed by atoms with van der Waals surface area (Å²) in [6.45, 7) is 4.83. The second kappa shape index (κ2) is 7.53. The second-order valence-corrected chi connectivity index (χ2v) is 4.43. The highest BCUT2D eigenvalue weighted by Crippen LogP contribution is 2.08. The molecule has 0 radical (unpaired) electrons. The van der Waals surface area contributed by atoms with Crippen LogP contribution in [0.3, 0.4) is 0 Å². The molecule has 5 nitrogen and oxygen atoms in total. The first-order valence-corrected chi connectivity index (χ1v) is 6.34. The Morgan fingerprint density at radius 2 is 2.00 bits per heavy atom. The molecule has 19 heavy (non-hydrogen) atoms. The van der Waals surface area contributed by atoms with E-state index in [-0.39, 0.29) is 24.9 Å². The van der Waals surface area contributed by atoms with E-state index in [2.05, 4.69) is 10.6 Å². The fourth-order valence-corrected chi connectivity index (χ4v) is 1.52. The average molecular weight is 263 g/mol. The first kappa shape index (κ1) is 15.2. The van der Waals surface area contributed by atoms with Gasteiger partial charge in [0.25, 0.3) is 0 Å². The Bertz CT molecular complexity index is 446. The Hall–Kier alpha value is -1.88. The first-order valence-electron chi connectivity index (χ1n) is 6.34. The maximum Gasteiger partial charge on any atom is 0.238 e. The lowest BCUT2D eigenvalue weighted by Crippen LogP contribution is -2.38. The van der Waals surface area contributed by atoms with E-state index in [0.29, 0.717) is 6.54 Å². The van der Waals surface area contributed by atoms with Crippen molar-refractivity contribution in [2.24, 2.45) is 0 Å². The molecule has 2 N–H and O–H groups in total. The van der Waals surface area contributed by atoms with Crippen molar-refractivity contribution < 1.29 is 9.59 Å². The third-order valence-electron chi connectivity index (χ3n) is 2.76. The molecule has 0 aliphatic rings. The van der Waals surface area contributed by atoms with E-state index in [0.717, 1.165) is 11.3 Å². The zero-order valence-corrected chi connectivity index (χ0v) is 11.7. The normalized spacial score (nSPS) is 10.1. The van der Waals surface area contributed by atoms with Crippen LogP contribution in [-0.4, -0.2) is 43.4 Å². The van der Waals surface area contributed by atoms with Crippen LogP contribution in [0.25, 0.3) is 0 Å². The highest BCUT2D eigenvalue weighted by Gasteiger charge is 2.07. The van der Waals surface area contributed by atoms with Gasteiger partial charge in [0.15, 0.2) is 0 Å². The third kappa shape index (κ3) is 5.52. The van der Waals surface area contributed by atoms with Gasteiger partial charge in [0.1, 0.15) is 0 Å². The summed E-state index contributed by atoms with van der Waals surface area (Å²) in [5.41, 5.74) is 1.86. The first-order chi connectivity index (χ1) is 9.02. The number of likely N-dealkylation sites (N-methyl/N-ethyl adjacent to an activating group) is 1. The minimum atomic E-state index is -0.155. The zero-order valence-electron chi connectivity index (χ0n) is 11.7. The molecule has 104 valence electrons. The number of hydrogen-bond acceptors (Lipinski definition) is 3. The van der Waals surface area contributed by atoms with E-state index < -0.39 is 0 Å². The van der Waals surface area contributed by atoms with Gasteiger partial charge in [0, 0.05) is 19.3 Å². The van der Waals surface area contributed by atoms with Gasteiger partial charge < -0.3 is 10.2 Å². The molecular weight excluding hydrogens is 242 g/mol. The van der Waals surface area contributed by atoms with Crippen molar-refractivity contribution in [1.29, 1.82) is 0 Å². The highest BCUT2D eigenvalue weighted by molar-refractivity contribution is 5.92. The summed E-state index contributed by atoms with van der Waals surface area (Å²) in [6, 6.07) is 7.58. The number of rotatable bonds is 6. The van der Waals surface area contributed by atoms with Crippen molar-refractivity contribution in [1.82, 2.24) is 10.2 Å². The van der Waals surface area contributed by atoms with Gasteiger partial charge in [-0.15, -0.1) is 0 Å². The molecule has 0 aliphatic heterocycles. The van der Waals surface area contributed by atoms with E-state index in [9.17, 15) is 9.59 Å². The molecule has 0 saturated heterocycles. The quantitative estimate of drug-likeness (QED) is 0.805. The van der Waals surface area contributed by atoms with E-state index in [1.807, 2.05) is 38.1 Å². The predicted molar refractivity (Wildman–Crippen MR) is 76.0 cm³/mol. The van der Waals surface area contributed by atoms with E-state index in [1.54, 1.807) is 11.9 Å². The minimum absolute atomic E-state index is 0.0224. The van der Waals surface area contributed by atoms with Crippen LogP contribution < -0.4 is 10.6 Å². The Balaban J connectivity index is 2.31. The smallest absolute Gasteiger partial charge is 0.238 e. The Morgan fingerprint density at radius 1 is 1.26 bits per heavy atom. The lowest BCUT2D eigenvalue weighted by molar-refractivity contribution is -0.128. The summed E-state index contributed by atoms with van der Waals surface area (Å²) in [4.78, 5) is 24.7. The fourth-order valence-electron chi connectivity index (χ4n) is 1.52. The van der Waals surface area contributed by atoms with Crippen molar-refractivity contribution in [3.63, 3.8) is 0 Å². The number of nitrogens with one attached hydrogen (secondary N) is 2. The molecule has 1 rings (SSSR count). The molecule has 1 aromatic rings. The van der Waals surface area contributed by atoms with Crippen molar-refractivity contribution >= 4 is 17.5 Å².